The fourth-order valence-corrected chi connectivity index (χ4v) is 3.36. The summed E-state index contributed by atoms with van der Waals surface area (Å²) in [4.78, 5) is 1.54. The fraction of sp³-hybridized carbons (Fsp3) is 0.333. The summed E-state index contributed by atoms with van der Waals surface area (Å²) in [6.07, 6.45) is 1.30. The van der Waals surface area contributed by atoms with Gasteiger partial charge in [-0.15, -0.1) is 11.3 Å². The predicted octanol–water partition coefficient (Wildman–Crippen LogP) is 3.24. The standard InChI is InChI=1S/C12H13NS/c1-8-9-4-2-3-5-11(9)14-12(8)10-6-7-13-10/h2-5,10,13H,6-7H2,1H3. The molecule has 0 aliphatic carbocycles. The Kier molecular flexibility index (Phi) is 1.85. The van der Waals surface area contributed by atoms with Crippen LogP contribution in [0, 0.1) is 6.92 Å². The highest BCUT2D eigenvalue weighted by Crippen LogP contribution is 2.37. The monoisotopic (exact) mass is 203 g/mol. The lowest BCUT2D eigenvalue weighted by Crippen LogP contribution is -2.34. The van der Waals surface area contributed by atoms with Crippen molar-refractivity contribution in [3.63, 3.8) is 0 Å². The molecule has 0 spiro atoms. The van der Waals surface area contributed by atoms with Gasteiger partial charge in [-0.2, -0.15) is 0 Å². The number of nitrogens with one attached hydrogen (secondary N) is 1. The lowest BCUT2D eigenvalue weighted by Gasteiger charge is -2.27. The smallest absolute Gasteiger partial charge is 0.0430 e. The Morgan fingerprint density at radius 1 is 1.36 bits per heavy atom. The minimum Gasteiger partial charge on any atom is -0.309 e. The zero-order valence-electron chi connectivity index (χ0n) is 8.21. The maximum absolute atomic E-state index is 3.47. The van der Waals surface area contributed by atoms with Crippen molar-refractivity contribution in [2.45, 2.75) is 19.4 Å². The van der Waals surface area contributed by atoms with Crippen LogP contribution < -0.4 is 5.32 Å². The molecule has 1 aromatic heterocycles. The maximum Gasteiger partial charge on any atom is 0.0430 e. The first-order valence-electron chi connectivity index (χ1n) is 5.07. The minimum absolute atomic E-state index is 0.632. The Morgan fingerprint density at radius 2 is 2.14 bits per heavy atom. The van der Waals surface area contributed by atoms with Crippen molar-refractivity contribution in [2.24, 2.45) is 0 Å². The quantitative estimate of drug-likeness (QED) is 0.750. The molecule has 0 radical (unpaired) electrons. The Balaban J connectivity index is 2.19. The van der Waals surface area contributed by atoms with E-state index in [1.54, 1.807) is 0 Å². The van der Waals surface area contributed by atoms with E-state index in [0.29, 0.717) is 6.04 Å². The fourth-order valence-electron chi connectivity index (χ4n) is 2.04. The molecule has 2 heterocycles. The highest BCUT2D eigenvalue weighted by atomic mass is 32.1. The molecule has 0 amide bonds. The van der Waals surface area contributed by atoms with Gasteiger partial charge in [0.1, 0.15) is 0 Å². The summed E-state index contributed by atoms with van der Waals surface area (Å²) >= 11 is 1.95. The maximum atomic E-state index is 3.47. The zero-order chi connectivity index (χ0) is 9.54. The summed E-state index contributed by atoms with van der Waals surface area (Å²) in [5.74, 6) is 0. The summed E-state index contributed by atoms with van der Waals surface area (Å²) < 4.78 is 1.42. The minimum atomic E-state index is 0.632. The van der Waals surface area contributed by atoms with E-state index >= 15 is 0 Å². The van der Waals surface area contributed by atoms with Gasteiger partial charge in [0, 0.05) is 15.6 Å². The lowest BCUT2D eigenvalue weighted by atomic mass is 10.0. The van der Waals surface area contributed by atoms with Crippen molar-refractivity contribution in [2.75, 3.05) is 6.54 Å². The second kappa shape index (κ2) is 3.07. The van der Waals surface area contributed by atoms with Gasteiger partial charge in [-0.1, -0.05) is 18.2 Å². The van der Waals surface area contributed by atoms with E-state index in [1.165, 1.54) is 33.5 Å². The van der Waals surface area contributed by atoms with Crippen LogP contribution in [0.15, 0.2) is 24.3 Å². The van der Waals surface area contributed by atoms with Crippen LogP contribution in [-0.2, 0) is 0 Å². The molecule has 0 saturated carbocycles. The molecule has 1 saturated heterocycles. The lowest BCUT2D eigenvalue weighted by molar-refractivity contribution is 0.388. The molecule has 72 valence electrons. The molecular weight excluding hydrogens is 190 g/mol. The second-order valence-electron chi connectivity index (χ2n) is 3.88. The molecule has 2 heteroatoms. The number of thiophene rings is 1. The molecule has 1 N–H and O–H groups in total. The van der Waals surface area contributed by atoms with Crippen LogP contribution in [0.25, 0.3) is 10.1 Å². The average Bonchev–Trinajstić information content (AvgIpc) is 2.43. The molecule has 0 bridgehead atoms. The topological polar surface area (TPSA) is 12.0 Å². The van der Waals surface area contributed by atoms with Crippen molar-refractivity contribution < 1.29 is 0 Å². The van der Waals surface area contributed by atoms with Gasteiger partial charge < -0.3 is 5.32 Å². The summed E-state index contributed by atoms with van der Waals surface area (Å²) in [6.45, 7) is 3.42. The third-order valence-electron chi connectivity index (χ3n) is 3.02. The highest BCUT2D eigenvalue weighted by molar-refractivity contribution is 7.19. The zero-order valence-corrected chi connectivity index (χ0v) is 9.03. The summed E-state index contributed by atoms with van der Waals surface area (Å²) in [6, 6.07) is 9.32. The molecule has 3 rings (SSSR count). The summed E-state index contributed by atoms with van der Waals surface area (Å²) in [5.41, 5.74) is 1.47. The first-order valence-corrected chi connectivity index (χ1v) is 5.89. The van der Waals surface area contributed by atoms with Crippen LogP contribution in [0.4, 0.5) is 0 Å². The van der Waals surface area contributed by atoms with Crippen molar-refractivity contribution in [1.82, 2.24) is 5.32 Å². The van der Waals surface area contributed by atoms with Gasteiger partial charge in [-0.05, 0) is 36.9 Å². The SMILES string of the molecule is Cc1c(C2CCN2)sc2ccccc12. The Labute approximate surface area is 87.8 Å². The number of hydrogen-bond donors (Lipinski definition) is 1. The van der Waals surface area contributed by atoms with Crippen LogP contribution >= 0.6 is 11.3 Å². The number of fused-ring (bicyclic) bond motifs is 1. The Bertz CT molecular complexity index is 468. The van der Waals surface area contributed by atoms with Crippen LogP contribution in [0.5, 0.6) is 0 Å². The Morgan fingerprint density at radius 3 is 2.79 bits per heavy atom. The molecule has 2 aromatic rings. The van der Waals surface area contributed by atoms with Crippen molar-refractivity contribution in [1.29, 1.82) is 0 Å². The molecule has 14 heavy (non-hydrogen) atoms. The van der Waals surface area contributed by atoms with Crippen LogP contribution in [0.2, 0.25) is 0 Å². The normalized spacial score (nSPS) is 21.1. The molecule has 1 fully saturated rings. The summed E-state index contributed by atoms with van der Waals surface area (Å²) in [5, 5.41) is 4.91. The second-order valence-corrected chi connectivity index (χ2v) is 4.97. The summed E-state index contributed by atoms with van der Waals surface area (Å²) in [7, 11) is 0. The largest absolute Gasteiger partial charge is 0.309 e. The van der Waals surface area contributed by atoms with E-state index in [9.17, 15) is 0 Å². The number of aryl methyl sites for hydroxylation is 1. The van der Waals surface area contributed by atoms with E-state index in [-0.39, 0.29) is 0 Å². The molecule has 1 aliphatic heterocycles. The molecule has 1 atom stereocenters. The van der Waals surface area contributed by atoms with Crippen LogP contribution in [0.1, 0.15) is 22.9 Å². The first-order chi connectivity index (χ1) is 6.86. The van der Waals surface area contributed by atoms with Crippen molar-refractivity contribution in [3.05, 3.63) is 34.7 Å². The van der Waals surface area contributed by atoms with E-state index in [2.05, 4.69) is 36.5 Å². The van der Waals surface area contributed by atoms with E-state index in [1.807, 2.05) is 11.3 Å². The first kappa shape index (κ1) is 8.45. The average molecular weight is 203 g/mol. The predicted molar refractivity (Wildman–Crippen MR) is 61.9 cm³/mol. The van der Waals surface area contributed by atoms with Crippen molar-refractivity contribution in [3.8, 4) is 0 Å². The van der Waals surface area contributed by atoms with E-state index in [4.69, 9.17) is 0 Å². The third kappa shape index (κ3) is 1.11. The van der Waals surface area contributed by atoms with Crippen LogP contribution in [-0.4, -0.2) is 6.54 Å². The van der Waals surface area contributed by atoms with Gasteiger partial charge in [-0.25, -0.2) is 0 Å². The highest BCUT2D eigenvalue weighted by Gasteiger charge is 2.22. The molecule has 1 unspecified atom stereocenters. The van der Waals surface area contributed by atoms with Gasteiger partial charge >= 0.3 is 0 Å². The Hall–Kier alpha value is -0.860. The van der Waals surface area contributed by atoms with Gasteiger partial charge in [0.25, 0.3) is 0 Å². The molecule has 1 aromatic carbocycles. The van der Waals surface area contributed by atoms with Gasteiger partial charge in [0.15, 0.2) is 0 Å². The van der Waals surface area contributed by atoms with Crippen LogP contribution in [0.3, 0.4) is 0 Å². The molecule has 1 aliphatic rings. The van der Waals surface area contributed by atoms with Gasteiger partial charge in [0.05, 0.1) is 0 Å². The molecule has 1 nitrogen and oxygen atoms in total. The van der Waals surface area contributed by atoms with Gasteiger partial charge in [0.2, 0.25) is 0 Å². The van der Waals surface area contributed by atoms with E-state index in [0.717, 1.165) is 0 Å². The number of hydrogen-bond acceptors (Lipinski definition) is 2. The van der Waals surface area contributed by atoms with E-state index < -0.39 is 0 Å². The third-order valence-corrected chi connectivity index (χ3v) is 4.41. The number of benzene rings is 1. The van der Waals surface area contributed by atoms with Gasteiger partial charge in [-0.3, -0.25) is 0 Å². The van der Waals surface area contributed by atoms with Crippen molar-refractivity contribution >= 4 is 21.4 Å². The number of rotatable bonds is 1. The molecular formula is C12H13NS.